The molecule has 0 bridgehead atoms. The standard InChI is InChI=1S/C23H27N3O5S/c1-15-22(18-6-4-5-7-19(18)25-15)23(27)16(2)24-17-8-9-20(30-3)21(14-17)32(28,29)26-10-12-31-13-11-26/h4-9,14,16,24-25H,10-13H2,1-3H3/t16-/m0/s1. The molecule has 3 aromatic rings. The third kappa shape index (κ3) is 4.11. The maximum absolute atomic E-state index is 13.2. The number of morpholine rings is 1. The van der Waals surface area contributed by atoms with Gasteiger partial charge in [-0.2, -0.15) is 4.31 Å². The van der Waals surface area contributed by atoms with E-state index in [1.807, 2.05) is 31.2 Å². The molecule has 0 unspecified atom stereocenters. The van der Waals surface area contributed by atoms with E-state index in [0.717, 1.165) is 16.6 Å². The minimum absolute atomic E-state index is 0.0647. The zero-order valence-corrected chi connectivity index (χ0v) is 19.2. The molecular weight excluding hydrogens is 430 g/mol. The Hall–Kier alpha value is -2.88. The minimum atomic E-state index is -3.76. The number of methoxy groups -OCH3 is 1. The van der Waals surface area contributed by atoms with Gasteiger partial charge in [0.25, 0.3) is 0 Å². The smallest absolute Gasteiger partial charge is 0.246 e. The molecule has 0 spiro atoms. The van der Waals surface area contributed by atoms with E-state index in [1.54, 1.807) is 19.1 Å². The molecule has 9 heteroatoms. The number of aryl methyl sites for hydroxylation is 1. The fourth-order valence-corrected chi connectivity index (χ4v) is 5.61. The number of ketones is 1. The van der Waals surface area contributed by atoms with Crippen molar-refractivity contribution in [3.63, 3.8) is 0 Å². The summed E-state index contributed by atoms with van der Waals surface area (Å²) in [5.74, 6) is 0.182. The first-order chi connectivity index (χ1) is 15.3. The number of hydrogen-bond donors (Lipinski definition) is 2. The number of nitrogens with zero attached hydrogens (tertiary/aromatic N) is 1. The molecule has 32 heavy (non-hydrogen) atoms. The van der Waals surface area contributed by atoms with Gasteiger partial charge < -0.3 is 19.8 Å². The number of aromatic amines is 1. The van der Waals surface area contributed by atoms with Gasteiger partial charge in [0.1, 0.15) is 10.6 Å². The summed E-state index contributed by atoms with van der Waals surface area (Å²) in [4.78, 5) is 16.6. The van der Waals surface area contributed by atoms with E-state index >= 15 is 0 Å². The maximum atomic E-state index is 13.2. The Morgan fingerprint density at radius 3 is 2.62 bits per heavy atom. The monoisotopic (exact) mass is 457 g/mol. The number of anilines is 1. The molecule has 1 fully saturated rings. The lowest BCUT2D eigenvalue weighted by Gasteiger charge is -2.27. The van der Waals surface area contributed by atoms with Crippen molar-refractivity contribution in [2.75, 3.05) is 38.7 Å². The normalized spacial score (nSPS) is 16.1. The van der Waals surface area contributed by atoms with E-state index in [4.69, 9.17) is 9.47 Å². The van der Waals surface area contributed by atoms with Gasteiger partial charge in [-0.3, -0.25) is 4.79 Å². The molecule has 2 heterocycles. The zero-order chi connectivity index (χ0) is 22.9. The molecule has 8 nitrogen and oxygen atoms in total. The Balaban J connectivity index is 1.62. The van der Waals surface area contributed by atoms with Crippen LogP contribution in [0.15, 0.2) is 47.4 Å². The SMILES string of the molecule is COc1ccc(N[C@@H](C)C(=O)c2c(C)[nH]c3ccccc23)cc1S(=O)(=O)N1CCOCC1. The molecule has 170 valence electrons. The molecule has 4 rings (SSSR count). The molecule has 0 radical (unpaired) electrons. The van der Waals surface area contributed by atoms with Crippen LogP contribution in [0.25, 0.3) is 10.9 Å². The second-order valence-corrected chi connectivity index (χ2v) is 9.69. The molecular formula is C23H27N3O5S. The lowest BCUT2D eigenvalue weighted by Crippen LogP contribution is -2.40. The Bertz CT molecular complexity index is 1250. The van der Waals surface area contributed by atoms with Crippen molar-refractivity contribution in [1.82, 2.24) is 9.29 Å². The highest BCUT2D eigenvalue weighted by molar-refractivity contribution is 7.89. The number of hydrogen-bond acceptors (Lipinski definition) is 6. The van der Waals surface area contributed by atoms with E-state index in [-0.39, 0.29) is 29.5 Å². The minimum Gasteiger partial charge on any atom is -0.495 e. The topological polar surface area (TPSA) is 101 Å². The van der Waals surface area contributed by atoms with Gasteiger partial charge in [-0.15, -0.1) is 0 Å². The molecule has 1 aromatic heterocycles. The number of ether oxygens (including phenoxy) is 2. The Kier molecular flexibility index (Phi) is 6.23. The number of Topliss-reactive ketones (excluding diaryl/α,β-unsaturated/α-hetero) is 1. The maximum Gasteiger partial charge on any atom is 0.246 e. The second kappa shape index (κ2) is 8.93. The van der Waals surface area contributed by atoms with E-state index in [9.17, 15) is 13.2 Å². The number of para-hydroxylation sites is 1. The molecule has 2 N–H and O–H groups in total. The first-order valence-electron chi connectivity index (χ1n) is 10.5. The third-order valence-corrected chi connectivity index (χ3v) is 7.59. The van der Waals surface area contributed by atoms with Crippen molar-refractivity contribution in [1.29, 1.82) is 0 Å². The zero-order valence-electron chi connectivity index (χ0n) is 18.3. The molecule has 0 aliphatic carbocycles. The molecule has 1 aliphatic heterocycles. The van der Waals surface area contributed by atoms with E-state index in [0.29, 0.717) is 24.5 Å². The summed E-state index contributed by atoms with van der Waals surface area (Å²) in [6.07, 6.45) is 0. The van der Waals surface area contributed by atoms with Crippen molar-refractivity contribution in [3.05, 3.63) is 53.7 Å². The summed E-state index contributed by atoms with van der Waals surface area (Å²) in [7, 11) is -2.33. The number of aromatic nitrogens is 1. The second-order valence-electron chi connectivity index (χ2n) is 7.78. The lowest BCUT2D eigenvalue weighted by molar-refractivity contribution is 0.0729. The van der Waals surface area contributed by atoms with Crippen molar-refractivity contribution < 1.29 is 22.7 Å². The number of rotatable bonds is 7. The van der Waals surface area contributed by atoms with E-state index in [1.165, 1.54) is 17.5 Å². The fraction of sp³-hybridized carbons (Fsp3) is 0.348. The van der Waals surface area contributed by atoms with Gasteiger partial charge in [-0.05, 0) is 38.1 Å². The van der Waals surface area contributed by atoms with Crippen LogP contribution in [0, 0.1) is 6.92 Å². The Morgan fingerprint density at radius 1 is 1.19 bits per heavy atom. The summed E-state index contributed by atoms with van der Waals surface area (Å²) in [6, 6.07) is 11.9. The van der Waals surface area contributed by atoms with Gasteiger partial charge >= 0.3 is 0 Å². The van der Waals surface area contributed by atoms with Crippen LogP contribution in [0.1, 0.15) is 23.0 Å². The van der Waals surface area contributed by atoms with Crippen molar-refractivity contribution in [3.8, 4) is 5.75 Å². The number of H-pyrrole nitrogens is 1. The Labute approximate surface area is 187 Å². The van der Waals surface area contributed by atoms with Gasteiger partial charge in [0.05, 0.1) is 26.4 Å². The number of carbonyl (C=O) groups excluding carboxylic acids is 1. The average molecular weight is 458 g/mol. The van der Waals surface area contributed by atoms with Gasteiger partial charge in [-0.1, -0.05) is 18.2 Å². The number of sulfonamides is 1. The quantitative estimate of drug-likeness (QED) is 0.529. The fourth-order valence-electron chi connectivity index (χ4n) is 4.02. The van der Waals surface area contributed by atoms with Crippen molar-refractivity contribution >= 4 is 32.4 Å². The van der Waals surface area contributed by atoms with Crippen LogP contribution < -0.4 is 10.1 Å². The molecule has 2 aromatic carbocycles. The highest BCUT2D eigenvalue weighted by Crippen LogP contribution is 2.31. The van der Waals surface area contributed by atoms with Crippen molar-refractivity contribution in [2.45, 2.75) is 24.8 Å². The van der Waals surface area contributed by atoms with Gasteiger partial charge in [0.2, 0.25) is 10.0 Å². The lowest BCUT2D eigenvalue weighted by atomic mass is 10.0. The van der Waals surface area contributed by atoms with Crippen LogP contribution in [0.3, 0.4) is 0 Å². The average Bonchev–Trinajstić information content (AvgIpc) is 3.14. The van der Waals surface area contributed by atoms with Crippen LogP contribution in [-0.4, -0.2) is 62.9 Å². The molecule has 0 saturated carbocycles. The number of nitrogens with one attached hydrogen (secondary N) is 2. The first-order valence-corrected chi connectivity index (χ1v) is 11.9. The highest BCUT2D eigenvalue weighted by atomic mass is 32.2. The predicted octanol–water partition coefficient (Wildman–Crippen LogP) is 3.19. The number of benzene rings is 2. The highest BCUT2D eigenvalue weighted by Gasteiger charge is 2.30. The van der Waals surface area contributed by atoms with Gasteiger partial charge in [0, 0.05) is 40.9 Å². The summed E-state index contributed by atoms with van der Waals surface area (Å²) in [5, 5.41) is 4.03. The largest absolute Gasteiger partial charge is 0.495 e. The first kappa shape index (κ1) is 22.3. The van der Waals surface area contributed by atoms with Crippen LogP contribution in [0.4, 0.5) is 5.69 Å². The summed E-state index contributed by atoms with van der Waals surface area (Å²) >= 11 is 0. The van der Waals surface area contributed by atoms with Crippen LogP contribution in [0.2, 0.25) is 0 Å². The number of fused-ring (bicyclic) bond motifs is 1. The molecule has 1 aliphatic rings. The van der Waals surface area contributed by atoms with Crippen molar-refractivity contribution in [2.24, 2.45) is 0 Å². The van der Waals surface area contributed by atoms with Gasteiger partial charge in [0.15, 0.2) is 5.78 Å². The Morgan fingerprint density at radius 2 is 1.91 bits per heavy atom. The number of carbonyl (C=O) groups is 1. The van der Waals surface area contributed by atoms with Gasteiger partial charge in [-0.25, -0.2) is 8.42 Å². The predicted molar refractivity (Wildman–Crippen MR) is 123 cm³/mol. The van der Waals surface area contributed by atoms with E-state index in [2.05, 4.69) is 10.3 Å². The molecule has 1 saturated heterocycles. The van der Waals surface area contributed by atoms with E-state index < -0.39 is 16.1 Å². The van der Waals surface area contributed by atoms with Crippen LogP contribution >= 0.6 is 0 Å². The van der Waals surface area contributed by atoms with Crippen LogP contribution in [0.5, 0.6) is 5.75 Å². The summed E-state index contributed by atoms with van der Waals surface area (Å²) < 4.78 is 38.4. The third-order valence-electron chi connectivity index (χ3n) is 5.67. The molecule has 0 amide bonds. The molecule has 1 atom stereocenters. The van der Waals surface area contributed by atoms with Crippen LogP contribution in [-0.2, 0) is 14.8 Å². The summed E-state index contributed by atoms with van der Waals surface area (Å²) in [6.45, 7) is 4.93. The summed E-state index contributed by atoms with van der Waals surface area (Å²) in [5.41, 5.74) is 2.87.